The number of rotatable bonds is 4. The Hall–Kier alpha value is -2.29. The van der Waals surface area contributed by atoms with Gasteiger partial charge in [-0.15, -0.1) is 0 Å². The molecule has 114 valence electrons. The first-order valence-electron chi connectivity index (χ1n) is 7.94. The van der Waals surface area contributed by atoms with E-state index in [0.717, 1.165) is 11.3 Å². The van der Waals surface area contributed by atoms with Crippen LogP contribution in [0.5, 0.6) is 0 Å². The summed E-state index contributed by atoms with van der Waals surface area (Å²) in [6.45, 7) is 0. The molecule has 1 fully saturated rings. The summed E-state index contributed by atoms with van der Waals surface area (Å²) in [5, 5.41) is 3.47. The number of nitrogens with one attached hydrogen (secondary N) is 1. The highest BCUT2D eigenvalue weighted by Crippen LogP contribution is 2.21. The molecule has 0 radical (unpaired) electrons. The zero-order valence-electron chi connectivity index (χ0n) is 12.6. The van der Waals surface area contributed by atoms with E-state index in [9.17, 15) is 4.79 Å². The Balaban J connectivity index is 1.74. The van der Waals surface area contributed by atoms with Crippen LogP contribution in [0, 0.1) is 0 Å². The third-order valence-corrected chi connectivity index (χ3v) is 4.01. The third kappa shape index (κ3) is 4.10. The molecule has 3 heteroatoms. The van der Waals surface area contributed by atoms with Crippen molar-refractivity contribution in [1.29, 1.82) is 0 Å². The lowest BCUT2D eigenvalue weighted by atomic mass is 9.95. The van der Waals surface area contributed by atoms with Gasteiger partial charge >= 0.3 is 5.63 Å². The summed E-state index contributed by atoms with van der Waals surface area (Å²) in [6.07, 6.45) is 9.98. The van der Waals surface area contributed by atoms with Crippen LogP contribution in [0.15, 0.2) is 51.7 Å². The molecule has 1 aromatic heterocycles. The first kappa shape index (κ1) is 14.6. The number of hydrogen-bond donors (Lipinski definition) is 1. The zero-order valence-corrected chi connectivity index (χ0v) is 12.6. The summed E-state index contributed by atoms with van der Waals surface area (Å²) < 4.78 is 5.25. The second kappa shape index (κ2) is 7.12. The molecular weight excluding hydrogens is 274 g/mol. The van der Waals surface area contributed by atoms with Gasteiger partial charge in [-0.3, -0.25) is 0 Å². The number of benzene rings is 1. The fourth-order valence-electron chi connectivity index (χ4n) is 2.89. The highest BCUT2D eigenvalue weighted by Gasteiger charge is 2.13. The third-order valence-electron chi connectivity index (χ3n) is 4.01. The molecule has 0 atom stereocenters. The van der Waals surface area contributed by atoms with Crippen molar-refractivity contribution in [3.8, 4) is 0 Å². The molecule has 22 heavy (non-hydrogen) atoms. The van der Waals surface area contributed by atoms with Crippen molar-refractivity contribution >= 4 is 17.8 Å². The lowest BCUT2D eigenvalue weighted by molar-refractivity contribution is 0.461. The van der Waals surface area contributed by atoms with Crippen LogP contribution in [0.4, 0.5) is 5.69 Å². The Bertz CT molecular complexity index is 682. The molecule has 1 saturated carbocycles. The van der Waals surface area contributed by atoms with Crippen molar-refractivity contribution < 1.29 is 4.42 Å². The predicted molar refractivity (Wildman–Crippen MR) is 90.8 cm³/mol. The van der Waals surface area contributed by atoms with E-state index in [2.05, 4.69) is 5.32 Å². The van der Waals surface area contributed by atoms with Gasteiger partial charge < -0.3 is 9.73 Å². The largest absolute Gasteiger partial charge is 0.423 e. The molecule has 0 saturated heterocycles. The minimum Gasteiger partial charge on any atom is -0.423 e. The first-order valence-corrected chi connectivity index (χ1v) is 7.94. The van der Waals surface area contributed by atoms with Crippen molar-refractivity contribution in [2.45, 2.75) is 38.1 Å². The van der Waals surface area contributed by atoms with Gasteiger partial charge in [0.15, 0.2) is 0 Å². The summed E-state index contributed by atoms with van der Waals surface area (Å²) in [6, 6.07) is 13.9. The van der Waals surface area contributed by atoms with Crippen molar-refractivity contribution in [3.63, 3.8) is 0 Å². The maximum atomic E-state index is 11.7. The van der Waals surface area contributed by atoms with Crippen LogP contribution in [-0.2, 0) is 0 Å². The van der Waals surface area contributed by atoms with E-state index in [0.29, 0.717) is 11.8 Å². The Morgan fingerprint density at radius 2 is 1.77 bits per heavy atom. The molecular formula is C19H21NO2. The van der Waals surface area contributed by atoms with Gasteiger partial charge in [-0.25, -0.2) is 4.79 Å². The average molecular weight is 295 g/mol. The van der Waals surface area contributed by atoms with Gasteiger partial charge in [0.05, 0.1) is 0 Å². The predicted octanol–water partition coefficient (Wildman–Crippen LogP) is 4.55. The van der Waals surface area contributed by atoms with Gasteiger partial charge in [0.2, 0.25) is 0 Å². The molecule has 1 aliphatic rings. The second-order valence-corrected chi connectivity index (χ2v) is 5.79. The standard InChI is InChI=1S/C19H21NO2/c21-19-14-17(20-16-9-5-2-6-10-16)13-18(22-19)12-11-15-7-3-1-4-8-15/h1,3-4,7-8,11-14,16,20H,2,5-6,9-10H2/b12-11+. The van der Waals surface area contributed by atoms with E-state index >= 15 is 0 Å². The second-order valence-electron chi connectivity index (χ2n) is 5.79. The quantitative estimate of drug-likeness (QED) is 0.899. The lowest BCUT2D eigenvalue weighted by Gasteiger charge is -2.23. The molecule has 3 rings (SSSR count). The van der Waals surface area contributed by atoms with Gasteiger partial charge in [0.25, 0.3) is 0 Å². The fourth-order valence-corrected chi connectivity index (χ4v) is 2.89. The Kier molecular flexibility index (Phi) is 4.74. The monoisotopic (exact) mass is 295 g/mol. The fraction of sp³-hybridized carbons (Fsp3) is 0.316. The van der Waals surface area contributed by atoms with Crippen LogP contribution in [0.2, 0.25) is 0 Å². The van der Waals surface area contributed by atoms with Crippen LogP contribution >= 0.6 is 0 Å². The van der Waals surface area contributed by atoms with E-state index in [1.165, 1.54) is 38.2 Å². The topological polar surface area (TPSA) is 42.2 Å². The number of anilines is 1. The molecule has 1 aromatic carbocycles. The normalized spacial score (nSPS) is 16.0. The molecule has 0 unspecified atom stereocenters. The zero-order chi connectivity index (χ0) is 15.2. The molecule has 2 aromatic rings. The van der Waals surface area contributed by atoms with Gasteiger partial charge in [0.1, 0.15) is 5.76 Å². The molecule has 3 nitrogen and oxygen atoms in total. The molecule has 1 heterocycles. The summed E-state index contributed by atoms with van der Waals surface area (Å²) in [7, 11) is 0. The van der Waals surface area contributed by atoms with E-state index in [-0.39, 0.29) is 5.63 Å². The van der Waals surface area contributed by atoms with Crippen LogP contribution in [0.1, 0.15) is 43.4 Å². The van der Waals surface area contributed by atoms with Gasteiger partial charge in [-0.2, -0.15) is 0 Å². The van der Waals surface area contributed by atoms with Crippen LogP contribution < -0.4 is 10.9 Å². The maximum Gasteiger partial charge on any atom is 0.338 e. The van der Waals surface area contributed by atoms with Crippen LogP contribution in [-0.4, -0.2) is 6.04 Å². The summed E-state index contributed by atoms with van der Waals surface area (Å²) >= 11 is 0. The van der Waals surface area contributed by atoms with Gasteiger partial charge in [-0.05, 0) is 24.5 Å². The summed E-state index contributed by atoms with van der Waals surface area (Å²) in [5.41, 5.74) is 1.63. The molecule has 0 spiro atoms. The van der Waals surface area contributed by atoms with E-state index in [4.69, 9.17) is 4.42 Å². The minimum absolute atomic E-state index is 0.312. The smallest absolute Gasteiger partial charge is 0.338 e. The molecule has 0 aliphatic heterocycles. The first-order chi connectivity index (χ1) is 10.8. The summed E-state index contributed by atoms with van der Waals surface area (Å²) in [4.78, 5) is 11.7. The van der Waals surface area contributed by atoms with Crippen molar-refractivity contribution in [2.75, 3.05) is 5.32 Å². The molecule has 1 aliphatic carbocycles. The lowest BCUT2D eigenvalue weighted by Crippen LogP contribution is -2.22. The highest BCUT2D eigenvalue weighted by molar-refractivity contribution is 5.68. The van der Waals surface area contributed by atoms with Gasteiger partial charge in [-0.1, -0.05) is 55.7 Å². The van der Waals surface area contributed by atoms with Gasteiger partial charge in [0, 0.05) is 23.9 Å². The van der Waals surface area contributed by atoms with Crippen molar-refractivity contribution in [3.05, 3.63) is 64.2 Å². The minimum atomic E-state index is -0.312. The highest BCUT2D eigenvalue weighted by atomic mass is 16.4. The molecule has 1 N–H and O–H groups in total. The maximum absolute atomic E-state index is 11.7. The molecule has 0 amide bonds. The SMILES string of the molecule is O=c1cc(NC2CCCCC2)cc(/C=C/c2ccccc2)o1. The average Bonchev–Trinajstić information content (AvgIpc) is 2.54. The Morgan fingerprint density at radius 3 is 2.55 bits per heavy atom. The van der Waals surface area contributed by atoms with Crippen molar-refractivity contribution in [2.24, 2.45) is 0 Å². The summed E-state index contributed by atoms with van der Waals surface area (Å²) in [5.74, 6) is 0.578. The van der Waals surface area contributed by atoms with E-state index in [1.807, 2.05) is 48.6 Å². The van der Waals surface area contributed by atoms with Crippen LogP contribution in [0.25, 0.3) is 12.2 Å². The molecule has 0 bridgehead atoms. The number of hydrogen-bond acceptors (Lipinski definition) is 3. The Morgan fingerprint density at radius 1 is 1.00 bits per heavy atom. The van der Waals surface area contributed by atoms with E-state index < -0.39 is 0 Å². The Labute approximate surface area is 130 Å². The van der Waals surface area contributed by atoms with Crippen LogP contribution in [0.3, 0.4) is 0 Å². The van der Waals surface area contributed by atoms with Crippen molar-refractivity contribution in [1.82, 2.24) is 0 Å². The van der Waals surface area contributed by atoms with E-state index in [1.54, 1.807) is 0 Å².